The number of carbonyl (C=O) groups is 1. The van der Waals surface area contributed by atoms with Crippen LogP contribution in [0.25, 0.3) is 0 Å². The molecule has 0 aromatic heterocycles. The molecule has 64 valence electrons. The molecule has 1 rings (SSSR count). The van der Waals surface area contributed by atoms with Crippen LogP contribution >= 0.6 is 0 Å². The number of carboxylic acids is 1. The Bertz CT molecular complexity index is 147. The van der Waals surface area contributed by atoms with Crippen molar-refractivity contribution < 1.29 is 9.90 Å². The molecule has 3 nitrogen and oxygen atoms in total. The maximum Gasteiger partial charge on any atom is 0.303 e. The van der Waals surface area contributed by atoms with Crippen molar-refractivity contribution in [3.63, 3.8) is 0 Å². The Kier molecular flexibility index (Phi) is 2.88. The third-order valence-corrected chi connectivity index (χ3v) is 2.12. The quantitative estimate of drug-likeness (QED) is 0.620. The fraction of sp³-hybridized carbons (Fsp3) is 0.875. The van der Waals surface area contributed by atoms with Crippen molar-refractivity contribution in [3.05, 3.63) is 0 Å². The number of piperidine rings is 1. The number of aliphatic carboxylic acids is 1. The van der Waals surface area contributed by atoms with Crippen molar-refractivity contribution >= 4 is 5.97 Å². The van der Waals surface area contributed by atoms with Gasteiger partial charge in [-0.25, -0.2) is 0 Å². The van der Waals surface area contributed by atoms with Gasteiger partial charge in [0.2, 0.25) is 0 Å². The van der Waals surface area contributed by atoms with Crippen molar-refractivity contribution in [1.29, 1.82) is 0 Å². The van der Waals surface area contributed by atoms with E-state index >= 15 is 0 Å². The van der Waals surface area contributed by atoms with Crippen LogP contribution < -0.4 is 5.32 Å². The van der Waals surface area contributed by atoms with E-state index in [9.17, 15) is 4.79 Å². The van der Waals surface area contributed by atoms with Gasteiger partial charge < -0.3 is 10.4 Å². The minimum Gasteiger partial charge on any atom is -0.481 e. The fourth-order valence-electron chi connectivity index (χ4n) is 1.67. The SMILES string of the molecule is C[C@@H]1CNC[C@H](CC(=O)O)C1. The average molecular weight is 157 g/mol. The van der Waals surface area contributed by atoms with Crippen molar-refractivity contribution in [2.24, 2.45) is 11.8 Å². The summed E-state index contributed by atoms with van der Waals surface area (Å²) < 4.78 is 0. The summed E-state index contributed by atoms with van der Waals surface area (Å²) in [5, 5.41) is 11.8. The van der Waals surface area contributed by atoms with Crippen LogP contribution in [-0.2, 0) is 4.79 Å². The zero-order valence-electron chi connectivity index (χ0n) is 6.84. The van der Waals surface area contributed by atoms with Crippen molar-refractivity contribution in [2.45, 2.75) is 19.8 Å². The lowest BCUT2D eigenvalue weighted by molar-refractivity contribution is -0.138. The van der Waals surface area contributed by atoms with Crippen LogP contribution in [0.4, 0.5) is 0 Å². The molecule has 1 fully saturated rings. The van der Waals surface area contributed by atoms with E-state index in [1.54, 1.807) is 0 Å². The molecule has 0 spiro atoms. The van der Waals surface area contributed by atoms with E-state index in [2.05, 4.69) is 12.2 Å². The zero-order valence-corrected chi connectivity index (χ0v) is 6.84. The molecule has 1 aliphatic heterocycles. The highest BCUT2D eigenvalue weighted by Crippen LogP contribution is 2.18. The van der Waals surface area contributed by atoms with E-state index in [0.717, 1.165) is 19.5 Å². The summed E-state index contributed by atoms with van der Waals surface area (Å²) in [4.78, 5) is 10.3. The van der Waals surface area contributed by atoms with E-state index in [1.165, 1.54) is 0 Å². The first-order chi connectivity index (χ1) is 5.18. The molecule has 1 heterocycles. The summed E-state index contributed by atoms with van der Waals surface area (Å²) in [6.07, 6.45) is 1.37. The molecular formula is C8H15NO2. The maximum atomic E-state index is 10.3. The predicted octanol–water partition coefficient (Wildman–Crippen LogP) is 0.707. The number of hydrogen-bond acceptors (Lipinski definition) is 2. The molecule has 2 atom stereocenters. The van der Waals surface area contributed by atoms with E-state index in [1.807, 2.05) is 0 Å². The highest BCUT2D eigenvalue weighted by Gasteiger charge is 2.20. The molecule has 0 amide bonds. The Labute approximate surface area is 66.8 Å². The summed E-state index contributed by atoms with van der Waals surface area (Å²) >= 11 is 0. The lowest BCUT2D eigenvalue weighted by atomic mass is 9.90. The minimum absolute atomic E-state index is 0.317. The smallest absolute Gasteiger partial charge is 0.303 e. The van der Waals surface area contributed by atoms with Gasteiger partial charge in [0.1, 0.15) is 0 Å². The van der Waals surface area contributed by atoms with Crippen LogP contribution in [0.3, 0.4) is 0 Å². The topological polar surface area (TPSA) is 49.3 Å². The van der Waals surface area contributed by atoms with E-state index < -0.39 is 5.97 Å². The molecule has 0 aliphatic carbocycles. The van der Waals surface area contributed by atoms with Crippen molar-refractivity contribution in [2.75, 3.05) is 13.1 Å². The van der Waals surface area contributed by atoms with Gasteiger partial charge in [-0.05, 0) is 31.3 Å². The normalized spacial score (nSPS) is 31.7. The Morgan fingerprint density at radius 2 is 2.36 bits per heavy atom. The fourth-order valence-corrected chi connectivity index (χ4v) is 1.67. The van der Waals surface area contributed by atoms with Gasteiger partial charge in [0, 0.05) is 6.42 Å². The highest BCUT2D eigenvalue weighted by molar-refractivity contribution is 5.67. The first-order valence-corrected chi connectivity index (χ1v) is 4.11. The summed E-state index contributed by atoms with van der Waals surface area (Å²) in [7, 11) is 0. The standard InChI is InChI=1S/C8H15NO2/c1-6-2-7(3-8(10)11)5-9-4-6/h6-7,9H,2-5H2,1H3,(H,10,11)/t6-,7-/m0/s1. The van der Waals surface area contributed by atoms with Gasteiger partial charge in [-0.2, -0.15) is 0 Å². The number of carboxylic acid groups (broad SMARTS) is 1. The molecule has 3 heteroatoms. The summed E-state index contributed by atoms with van der Waals surface area (Å²) in [6.45, 7) is 4.06. The van der Waals surface area contributed by atoms with Gasteiger partial charge in [-0.1, -0.05) is 6.92 Å². The van der Waals surface area contributed by atoms with Crippen molar-refractivity contribution in [3.8, 4) is 0 Å². The molecule has 2 N–H and O–H groups in total. The van der Waals surface area contributed by atoms with Crippen LogP contribution in [0, 0.1) is 11.8 Å². The lowest BCUT2D eigenvalue weighted by Crippen LogP contribution is -2.35. The summed E-state index contributed by atoms with van der Waals surface area (Å²) in [6, 6.07) is 0. The van der Waals surface area contributed by atoms with E-state index in [-0.39, 0.29) is 0 Å². The van der Waals surface area contributed by atoms with Gasteiger partial charge in [-0.15, -0.1) is 0 Å². The number of nitrogens with one attached hydrogen (secondary N) is 1. The van der Waals surface area contributed by atoms with Crippen LogP contribution in [0.15, 0.2) is 0 Å². The zero-order chi connectivity index (χ0) is 8.27. The Hall–Kier alpha value is -0.570. The molecule has 0 radical (unpaired) electrons. The molecule has 11 heavy (non-hydrogen) atoms. The number of rotatable bonds is 2. The maximum absolute atomic E-state index is 10.3. The summed E-state index contributed by atoms with van der Waals surface area (Å²) in [5.74, 6) is 0.301. The average Bonchev–Trinajstić information content (AvgIpc) is 1.85. The first-order valence-electron chi connectivity index (χ1n) is 4.11. The monoisotopic (exact) mass is 157 g/mol. The summed E-state index contributed by atoms with van der Waals surface area (Å²) in [5.41, 5.74) is 0. The largest absolute Gasteiger partial charge is 0.481 e. The molecule has 0 aromatic carbocycles. The molecular weight excluding hydrogens is 142 g/mol. The third kappa shape index (κ3) is 2.89. The van der Waals surface area contributed by atoms with Crippen LogP contribution in [-0.4, -0.2) is 24.2 Å². The van der Waals surface area contributed by atoms with Crippen molar-refractivity contribution in [1.82, 2.24) is 5.32 Å². The van der Waals surface area contributed by atoms with Gasteiger partial charge in [0.15, 0.2) is 0 Å². The van der Waals surface area contributed by atoms with E-state index in [0.29, 0.717) is 18.3 Å². The molecule has 1 saturated heterocycles. The number of hydrogen-bond donors (Lipinski definition) is 2. The molecule has 0 saturated carbocycles. The van der Waals surface area contributed by atoms with Crippen LogP contribution in [0.1, 0.15) is 19.8 Å². The molecule has 0 unspecified atom stereocenters. The third-order valence-electron chi connectivity index (χ3n) is 2.12. The minimum atomic E-state index is -0.675. The van der Waals surface area contributed by atoms with Gasteiger partial charge >= 0.3 is 5.97 Å². The second-order valence-corrected chi connectivity index (χ2v) is 3.46. The Morgan fingerprint density at radius 1 is 1.64 bits per heavy atom. The van der Waals surface area contributed by atoms with Gasteiger partial charge in [0.25, 0.3) is 0 Å². The van der Waals surface area contributed by atoms with Crippen LogP contribution in [0.5, 0.6) is 0 Å². The first kappa shape index (κ1) is 8.53. The highest BCUT2D eigenvalue weighted by atomic mass is 16.4. The predicted molar refractivity (Wildman–Crippen MR) is 42.4 cm³/mol. The lowest BCUT2D eigenvalue weighted by Gasteiger charge is -2.26. The van der Waals surface area contributed by atoms with Gasteiger partial charge in [-0.3, -0.25) is 4.79 Å². The van der Waals surface area contributed by atoms with Gasteiger partial charge in [0.05, 0.1) is 0 Å². The molecule has 1 aliphatic rings. The molecule has 0 aromatic rings. The molecule has 0 bridgehead atoms. The Morgan fingerprint density at radius 3 is 2.91 bits per heavy atom. The second-order valence-electron chi connectivity index (χ2n) is 3.46. The van der Waals surface area contributed by atoms with Crippen LogP contribution in [0.2, 0.25) is 0 Å². The Balaban J connectivity index is 2.28. The van der Waals surface area contributed by atoms with E-state index in [4.69, 9.17) is 5.11 Å². The second kappa shape index (κ2) is 3.72.